The molecule has 0 atom stereocenters. The van der Waals surface area contributed by atoms with Crippen LogP contribution in [0.2, 0.25) is 0 Å². The number of hydrogen-bond donors (Lipinski definition) is 0. The fourth-order valence-corrected chi connectivity index (χ4v) is 10.2. The molecule has 9 aromatic carbocycles. The quantitative estimate of drug-likeness (QED) is 0.156. The SMILES string of the molecule is CC1(C)c2cc(N(c3ccccc3)c3ccccc3)ccc2-c2cc3c(cc21)B1c2ccc(-c4ccccc4)cc2N(c2cccc(-c4ccccc4)c2)c2cccc(c21)O3. The van der Waals surface area contributed by atoms with Crippen LogP contribution in [0.4, 0.5) is 34.1 Å². The van der Waals surface area contributed by atoms with E-state index in [1.807, 2.05) is 0 Å². The van der Waals surface area contributed by atoms with Crippen LogP contribution in [0.15, 0.2) is 212 Å². The standard InChI is InChI=1S/C57H41BN2O/c1-57(2)48-35-45(59(42-22-11-5-12-23-42)43-24-13-6-14-25-43)30-31-46(48)47-36-55-51(37-49(47)57)58-50-32-29-41(39-19-9-4-10-20-39)34-53(50)60(52-27-16-28-54(61-55)56(52)58)44-26-15-21-40(33-44)38-17-7-3-8-18-38/h3-37H,1-2H3. The molecule has 2 aliphatic heterocycles. The maximum atomic E-state index is 7.06. The normalized spacial score (nSPS) is 13.6. The monoisotopic (exact) mass is 780 g/mol. The topological polar surface area (TPSA) is 15.7 Å². The molecule has 0 saturated heterocycles. The Hall–Kier alpha value is -7.56. The first-order valence-corrected chi connectivity index (χ1v) is 21.2. The van der Waals surface area contributed by atoms with Gasteiger partial charge in [0.2, 0.25) is 0 Å². The van der Waals surface area contributed by atoms with E-state index in [1.165, 1.54) is 66.6 Å². The number of para-hydroxylation sites is 2. The summed E-state index contributed by atoms with van der Waals surface area (Å²) in [5, 5.41) is 0. The molecule has 9 aromatic rings. The lowest BCUT2D eigenvalue weighted by molar-refractivity contribution is 0.487. The van der Waals surface area contributed by atoms with Crippen LogP contribution < -0.4 is 30.9 Å². The van der Waals surface area contributed by atoms with Gasteiger partial charge in [0, 0.05) is 39.5 Å². The van der Waals surface area contributed by atoms with Gasteiger partial charge in [0.05, 0.1) is 0 Å². The Labute approximate surface area is 357 Å². The maximum absolute atomic E-state index is 7.06. The fourth-order valence-electron chi connectivity index (χ4n) is 10.2. The van der Waals surface area contributed by atoms with Gasteiger partial charge in [-0.3, -0.25) is 0 Å². The zero-order chi connectivity index (χ0) is 40.7. The van der Waals surface area contributed by atoms with E-state index in [4.69, 9.17) is 4.74 Å². The van der Waals surface area contributed by atoms with E-state index in [0.29, 0.717) is 0 Å². The highest BCUT2D eigenvalue weighted by atomic mass is 16.5. The summed E-state index contributed by atoms with van der Waals surface area (Å²) in [6.45, 7) is 4.75. The molecule has 0 amide bonds. The lowest BCUT2D eigenvalue weighted by Crippen LogP contribution is -2.59. The average molecular weight is 781 g/mol. The minimum Gasteiger partial charge on any atom is -0.458 e. The highest BCUT2D eigenvalue weighted by Crippen LogP contribution is 2.52. The Morgan fingerprint density at radius 2 is 1.03 bits per heavy atom. The van der Waals surface area contributed by atoms with Crippen LogP contribution in [-0.4, -0.2) is 6.71 Å². The Morgan fingerprint density at radius 1 is 0.426 bits per heavy atom. The van der Waals surface area contributed by atoms with E-state index in [1.54, 1.807) is 0 Å². The Kier molecular flexibility index (Phi) is 7.98. The number of anilines is 6. The number of rotatable bonds is 6. The third-order valence-electron chi connectivity index (χ3n) is 13.1. The van der Waals surface area contributed by atoms with Crippen molar-refractivity contribution in [2.45, 2.75) is 19.3 Å². The van der Waals surface area contributed by atoms with Crippen molar-refractivity contribution in [3.05, 3.63) is 223 Å². The van der Waals surface area contributed by atoms with Gasteiger partial charge in [-0.1, -0.05) is 153 Å². The van der Waals surface area contributed by atoms with Crippen molar-refractivity contribution in [2.75, 3.05) is 9.80 Å². The van der Waals surface area contributed by atoms with Gasteiger partial charge in [-0.2, -0.15) is 0 Å². The average Bonchev–Trinajstić information content (AvgIpc) is 3.53. The first-order chi connectivity index (χ1) is 30.0. The van der Waals surface area contributed by atoms with Gasteiger partial charge in [0.25, 0.3) is 6.71 Å². The molecule has 1 aliphatic carbocycles. The van der Waals surface area contributed by atoms with Crippen LogP contribution in [0.25, 0.3) is 33.4 Å². The second-order valence-corrected chi connectivity index (χ2v) is 16.9. The van der Waals surface area contributed by atoms with Gasteiger partial charge < -0.3 is 14.5 Å². The molecule has 0 radical (unpaired) electrons. The number of fused-ring (bicyclic) bond motifs is 7. The number of benzene rings is 9. The van der Waals surface area contributed by atoms with E-state index in [2.05, 4.69) is 236 Å². The first-order valence-electron chi connectivity index (χ1n) is 21.2. The number of nitrogens with zero attached hydrogens (tertiary/aromatic N) is 2. The minimum absolute atomic E-state index is 0.0182. The van der Waals surface area contributed by atoms with Gasteiger partial charge in [0.1, 0.15) is 11.5 Å². The molecular formula is C57H41BN2O. The fraction of sp³-hybridized carbons (Fsp3) is 0.0526. The van der Waals surface area contributed by atoms with Gasteiger partial charge in [-0.15, -0.1) is 0 Å². The Balaban J connectivity index is 1.02. The van der Waals surface area contributed by atoms with E-state index in [-0.39, 0.29) is 12.1 Å². The molecule has 0 fully saturated rings. The second-order valence-electron chi connectivity index (χ2n) is 16.9. The molecule has 0 bridgehead atoms. The number of ether oxygens (including phenoxy) is 1. The summed E-state index contributed by atoms with van der Waals surface area (Å²) in [5.41, 5.74) is 20.2. The van der Waals surface area contributed by atoms with Crippen LogP contribution in [-0.2, 0) is 5.41 Å². The van der Waals surface area contributed by atoms with Crippen LogP contribution in [0.3, 0.4) is 0 Å². The van der Waals surface area contributed by atoms with E-state index in [9.17, 15) is 0 Å². The zero-order valence-electron chi connectivity index (χ0n) is 34.1. The summed E-state index contributed by atoms with van der Waals surface area (Å²) in [4.78, 5) is 4.81. The number of hydrogen-bond acceptors (Lipinski definition) is 3. The van der Waals surface area contributed by atoms with Gasteiger partial charge in [-0.05, 0) is 134 Å². The first kappa shape index (κ1) is 35.4. The van der Waals surface area contributed by atoms with Gasteiger partial charge in [-0.25, -0.2) is 0 Å². The molecule has 12 rings (SSSR count). The van der Waals surface area contributed by atoms with E-state index >= 15 is 0 Å². The molecule has 3 nitrogen and oxygen atoms in total. The predicted octanol–water partition coefficient (Wildman–Crippen LogP) is 13.2. The molecule has 2 heterocycles. The predicted molar refractivity (Wildman–Crippen MR) is 255 cm³/mol. The van der Waals surface area contributed by atoms with Crippen LogP contribution >= 0.6 is 0 Å². The highest BCUT2D eigenvalue weighted by Gasteiger charge is 2.45. The lowest BCUT2D eigenvalue weighted by atomic mass is 9.34. The van der Waals surface area contributed by atoms with E-state index in [0.717, 1.165) is 39.9 Å². The molecule has 0 N–H and O–H groups in total. The molecule has 0 unspecified atom stereocenters. The summed E-state index contributed by atoms with van der Waals surface area (Å²) in [6, 6.07) is 77.1. The summed E-state index contributed by atoms with van der Waals surface area (Å²) in [6.07, 6.45) is 0. The van der Waals surface area contributed by atoms with Gasteiger partial charge >= 0.3 is 0 Å². The van der Waals surface area contributed by atoms with Crippen molar-refractivity contribution in [1.82, 2.24) is 0 Å². The second kappa shape index (κ2) is 13.8. The molecule has 4 heteroatoms. The Morgan fingerprint density at radius 3 is 1.72 bits per heavy atom. The van der Waals surface area contributed by atoms with Gasteiger partial charge in [0.15, 0.2) is 0 Å². The molecule has 288 valence electrons. The Bertz CT molecular complexity index is 3110. The zero-order valence-corrected chi connectivity index (χ0v) is 34.1. The molecular weight excluding hydrogens is 739 g/mol. The van der Waals surface area contributed by atoms with Crippen molar-refractivity contribution >= 4 is 57.2 Å². The summed E-state index contributed by atoms with van der Waals surface area (Å²) >= 11 is 0. The third-order valence-corrected chi connectivity index (χ3v) is 13.1. The van der Waals surface area contributed by atoms with Crippen molar-refractivity contribution in [1.29, 1.82) is 0 Å². The summed E-state index contributed by atoms with van der Waals surface area (Å²) < 4.78 is 7.06. The van der Waals surface area contributed by atoms with Crippen LogP contribution in [0, 0.1) is 0 Å². The molecule has 61 heavy (non-hydrogen) atoms. The molecule has 0 aromatic heterocycles. The van der Waals surface area contributed by atoms with Crippen molar-refractivity contribution in [2.24, 2.45) is 0 Å². The van der Waals surface area contributed by atoms with Crippen molar-refractivity contribution in [3.8, 4) is 44.9 Å². The lowest BCUT2D eigenvalue weighted by Gasteiger charge is -2.40. The van der Waals surface area contributed by atoms with E-state index < -0.39 is 0 Å². The maximum Gasteiger partial charge on any atom is 0.256 e. The summed E-state index contributed by atoms with van der Waals surface area (Å²) in [5.74, 6) is 1.83. The smallest absolute Gasteiger partial charge is 0.256 e. The minimum atomic E-state index is -0.257. The molecule has 3 aliphatic rings. The van der Waals surface area contributed by atoms with Crippen molar-refractivity contribution in [3.63, 3.8) is 0 Å². The van der Waals surface area contributed by atoms with Crippen LogP contribution in [0.5, 0.6) is 11.5 Å². The van der Waals surface area contributed by atoms with Crippen molar-refractivity contribution < 1.29 is 4.74 Å². The summed E-state index contributed by atoms with van der Waals surface area (Å²) in [7, 11) is 0. The molecule has 0 spiro atoms. The third kappa shape index (κ3) is 5.59. The molecule has 0 saturated carbocycles. The van der Waals surface area contributed by atoms with Crippen LogP contribution in [0.1, 0.15) is 25.0 Å². The largest absolute Gasteiger partial charge is 0.458 e. The highest BCUT2D eigenvalue weighted by molar-refractivity contribution is 6.99.